The van der Waals surface area contributed by atoms with Crippen LogP contribution in [-0.2, 0) is 24.7 Å². The highest BCUT2D eigenvalue weighted by atomic mass is 32.2. The van der Waals surface area contributed by atoms with Crippen LogP contribution in [0.3, 0.4) is 0 Å². The smallest absolute Gasteiger partial charge is 0.336 e. The first-order valence-corrected chi connectivity index (χ1v) is 18.3. The number of unbranched alkanes of at least 4 members (excludes halogenated alkanes) is 8. The molecule has 0 aromatic rings. The van der Waals surface area contributed by atoms with Crippen molar-refractivity contribution in [2.24, 2.45) is 38.8 Å². The molecule has 274 valence electrons. The molecule has 0 unspecified atom stereocenters. The van der Waals surface area contributed by atoms with E-state index in [1.165, 1.54) is 0 Å². The van der Waals surface area contributed by atoms with Crippen LogP contribution in [0, 0.1) is 5.92 Å². The lowest BCUT2D eigenvalue weighted by Crippen LogP contribution is -2.52. The minimum absolute atomic E-state index is 0.00479. The molecule has 0 saturated heterocycles. The van der Waals surface area contributed by atoms with Gasteiger partial charge in [-0.1, -0.05) is 59.3 Å². The van der Waals surface area contributed by atoms with Crippen LogP contribution < -0.4 is 38.9 Å². The number of aliphatic imine (C=N–C) groups is 2. The van der Waals surface area contributed by atoms with Gasteiger partial charge < -0.3 is 38.9 Å². The third-order valence-corrected chi connectivity index (χ3v) is 8.32. The third kappa shape index (κ3) is 24.6. The lowest BCUT2D eigenvalue weighted by atomic mass is 10.0. The zero-order valence-corrected chi connectivity index (χ0v) is 29.5. The first-order valence-electron chi connectivity index (χ1n) is 16.9. The van der Waals surface area contributed by atoms with Crippen molar-refractivity contribution in [1.82, 2.24) is 20.3 Å². The molecule has 0 aliphatic rings. The molecular weight excluding hydrogens is 628 g/mol. The van der Waals surface area contributed by atoms with Crippen LogP contribution in [0.1, 0.15) is 111 Å². The normalized spacial score (nSPS) is 12.7. The number of rotatable bonds is 28. The average molecular weight is 691 g/mol. The SMILES string of the molecule is CCCCCCCC[C@H](CC(=O)NCCCCCN=C(N)N)N(CC(=O)N[C@@H](CC(C)C)C(=O)NCCCCN=C(N)N)S(=O)(=O)O. The van der Waals surface area contributed by atoms with Gasteiger partial charge in [-0.25, -0.2) is 0 Å². The van der Waals surface area contributed by atoms with Gasteiger partial charge in [-0.15, -0.1) is 0 Å². The highest BCUT2D eigenvalue weighted by Crippen LogP contribution is 2.18. The quantitative estimate of drug-likeness (QED) is 0.0248. The van der Waals surface area contributed by atoms with Crippen molar-refractivity contribution in [2.75, 3.05) is 32.7 Å². The Morgan fingerprint density at radius 1 is 0.766 bits per heavy atom. The van der Waals surface area contributed by atoms with Gasteiger partial charge in [0.15, 0.2) is 11.9 Å². The maximum absolute atomic E-state index is 13.2. The number of carbonyl (C=O) groups excluding carboxylic acids is 3. The summed E-state index contributed by atoms with van der Waals surface area (Å²) in [5.74, 6) is -1.50. The molecule has 3 amide bonds. The van der Waals surface area contributed by atoms with Crippen LogP contribution >= 0.6 is 0 Å². The topological polar surface area (TPSA) is 274 Å². The number of carbonyl (C=O) groups is 3. The molecule has 0 spiro atoms. The van der Waals surface area contributed by atoms with Crippen molar-refractivity contribution >= 4 is 39.9 Å². The van der Waals surface area contributed by atoms with E-state index in [0.717, 1.165) is 44.9 Å². The zero-order valence-electron chi connectivity index (χ0n) is 28.7. The van der Waals surface area contributed by atoms with Crippen LogP contribution in [0.5, 0.6) is 0 Å². The predicted molar refractivity (Wildman–Crippen MR) is 186 cm³/mol. The maximum atomic E-state index is 13.2. The summed E-state index contributed by atoms with van der Waals surface area (Å²) in [7, 11) is -4.88. The summed E-state index contributed by atoms with van der Waals surface area (Å²) in [6, 6.07) is -1.87. The molecule has 0 saturated carbocycles. The average Bonchev–Trinajstić information content (AvgIpc) is 2.96. The van der Waals surface area contributed by atoms with Gasteiger partial charge in [-0.05, 0) is 50.9 Å². The monoisotopic (exact) mass is 690 g/mol. The third-order valence-electron chi connectivity index (χ3n) is 7.30. The van der Waals surface area contributed by atoms with Crippen LogP contribution in [0.4, 0.5) is 0 Å². The second-order valence-electron chi connectivity index (χ2n) is 12.2. The standard InChI is InChI=1S/C30H62N10O6S/c1-4-5-6-7-8-10-15-24(21-26(41)35-16-11-9-12-18-37-29(31)32)40(47(44,45)46)22-27(42)39-25(20-23(2)3)28(43)36-17-13-14-19-38-30(33)34/h23-25H,4-22H2,1-3H3,(H,35,41)(H,36,43)(H,39,42)(H4,31,32,37)(H4,33,34,38)(H,44,45,46)/t24-,25+/m1/s1. The summed E-state index contributed by atoms with van der Waals surface area (Å²) >= 11 is 0. The van der Waals surface area contributed by atoms with Crippen LogP contribution in [0.25, 0.3) is 0 Å². The van der Waals surface area contributed by atoms with Gasteiger partial charge >= 0.3 is 10.3 Å². The summed E-state index contributed by atoms with van der Waals surface area (Å²) in [6.07, 6.45) is 9.43. The van der Waals surface area contributed by atoms with Crippen LogP contribution in [-0.4, -0.2) is 91.7 Å². The van der Waals surface area contributed by atoms with E-state index in [4.69, 9.17) is 22.9 Å². The molecular formula is C30H62N10O6S. The number of amides is 3. The molecule has 0 rings (SSSR count). The fourth-order valence-electron chi connectivity index (χ4n) is 4.91. The predicted octanol–water partition coefficient (Wildman–Crippen LogP) is 0.861. The first kappa shape index (κ1) is 43.8. The Morgan fingerprint density at radius 2 is 1.30 bits per heavy atom. The van der Waals surface area contributed by atoms with Crippen molar-refractivity contribution in [3.63, 3.8) is 0 Å². The van der Waals surface area contributed by atoms with Crippen molar-refractivity contribution in [3.05, 3.63) is 0 Å². The van der Waals surface area contributed by atoms with E-state index < -0.39 is 46.7 Å². The van der Waals surface area contributed by atoms with Crippen molar-refractivity contribution in [1.29, 1.82) is 0 Å². The highest BCUT2D eigenvalue weighted by Gasteiger charge is 2.33. The Labute approximate surface area is 281 Å². The van der Waals surface area contributed by atoms with Crippen LogP contribution in [0.15, 0.2) is 9.98 Å². The Morgan fingerprint density at radius 3 is 1.87 bits per heavy atom. The number of nitrogens with zero attached hydrogens (tertiary/aromatic N) is 3. The summed E-state index contributed by atoms with van der Waals surface area (Å²) < 4.78 is 36.0. The lowest BCUT2D eigenvalue weighted by Gasteiger charge is -2.29. The van der Waals surface area contributed by atoms with Gasteiger partial charge in [-0.2, -0.15) is 12.7 Å². The minimum Gasteiger partial charge on any atom is -0.370 e. The zero-order chi connectivity index (χ0) is 35.7. The van der Waals surface area contributed by atoms with Gasteiger partial charge in [0.25, 0.3) is 0 Å². The molecule has 0 heterocycles. The summed E-state index contributed by atoms with van der Waals surface area (Å²) in [5.41, 5.74) is 21.3. The summed E-state index contributed by atoms with van der Waals surface area (Å²) in [6.45, 7) is 6.79. The maximum Gasteiger partial charge on any atom is 0.336 e. The molecule has 16 nitrogen and oxygen atoms in total. The lowest BCUT2D eigenvalue weighted by molar-refractivity contribution is -0.129. The van der Waals surface area contributed by atoms with Crippen molar-refractivity contribution in [2.45, 2.75) is 123 Å². The molecule has 0 radical (unpaired) electrons. The van der Waals surface area contributed by atoms with E-state index in [1.54, 1.807) is 0 Å². The Balaban J connectivity index is 5.48. The molecule has 0 fully saturated rings. The molecule has 0 aromatic carbocycles. The molecule has 0 aliphatic carbocycles. The number of nitrogens with two attached hydrogens (primary N) is 4. The second kappa shape index (κ2) is 25.9. The van der Waals surface area contributed by atoms with E-state index in [9.17, 15) is 27.4 Å². The summed E-state index contributed by atoms with van der Waals surface area (Å²) in [4.78, 5) is 46.8. The second-order valence-corrected chi connectivity index (χ2v) is 13.6. The van der Waals surface area contributed by atoms with E-state index in [-0.39, 0.29) is 30.7 Å². The molecule has 0 aliphatic heterocycles. The van der Waals surface area contributed by atoms with E-state index in [0.29, 0.717) is 62.6 Å². The summed E-state index contributed by atoms with van der Waals surface area (Å²) in [5, 5.41) is 8.22. The molecule has 0 aromatic heterocycles. The number of guanidine groups is 2. The highest BCUT2D eigenvalue weighted by molar-refractivity contribution is 7.83. The number of hydrogen-bond donors (Lipinski definition) is 8. The van der Waals surface area contributed by atoms with Gasteiger partial charge in [0.05, 0.1) is 6.54 Å². The number of nitrogens with one attached hydrogen (secondary N) is 3. The molecule has 2 atom stereocenters. The van der Waals surface area contributed by atoms with E-state index >= 15 is 0 Å². The fraction of sp³-hybridized carbons (Fsp3) is 0.833. The van der Waals surface area contributed by atoms with Crippen molar-refractivity contribution in [3.8, 4) is 0 Å². The molecule has 12 N–H and O–H groups in total. The van der Waals surface area contributed by atoms with Gasteiger partial charge in [0, 0.05) is 38.6 Å². The first-order chi connectivity index (χ1) is 22.2. The van der Waals surface area contributed by atoms with Gasteiger partial charge in [0.1, 0.15) is 6.04 Å². The van der Waals surface area contributed by atoms with Crippen molar-refractivity contribution < 1.29 is 27.4 Å². The molecule has 0 bridgehead atoms. The van der Waals surface area contributed by atoms with Gasteiger partial charge in [0.2, 0.25) is 17.7 Å². The van der Waals surface area contributed by atoms with E-state index in [1.807, 2.05) is 13.8 Å². The minimum atomic E-state index is -4.88. The fourth-order valence-corrected chi connectivity index (χ4v) is 5.74. The van der Waals surface area contributed by atoms with Crippen LogP contribution in [0.2, 0.25) is 0 Å². The Kier molecular flexibility index (Phi) is 24.1. The largest absolute Gasteiger partial charge is 0.370 e. The Hall–Kier alpha value is -3.18. The Bertz CT molecular complexity index is 1060. The van der Waals surface area contributed by atoms with Gasteiger partial charge in [-0.3, -0.25) is 28.9 Å². The molecule has 47 heavy (non-hydrogen) atoms. The number of hydrogen-bond acceptors (Lipinski definition) is 7. The van der Waals surface area contributed by atoms with E-state index in [2.05, 4.69) is 32.9 Å². The molecule has 17 heteroatoms.